The number of rotatable bonds is 9. The predicted octanol–water partition coefficient (Wildman–Crippen LogP) is 2.02. The molecule has 1 aromatic carbocycles. The fourth-order valence-corrected chi connectivity index (χ4v) is 4.76. The molecule has 0 spiro atoms. The Morgan fingerprint density at radius 2 is 1.76 bits per heavy atom. The molecular formula is C26H40N4O4. The molecule has 8 nitrogen and oxygen atoms in total. The average Bonchev–Trinajstić information content (AvgIpc) is 2.82. The van der Waals surface area contributed by atoms with Crippen LogP contribution in [0.1, 0.15) is 64.9 Å². The molecule has 2 amide bonds. The first-order valence-electron chi connectivity index (χ1n) is 12.5. The van der Waals surface area contributed by atoms with Gasteiger partial charge < -0.3 is 21.1 Å². The van der Waals surface area contributed by atoms with Gasteiger partial charge in [0.2, 0.25) is 11.8 Å². The van der Waals surface area contributed by atoms with Crippen molar-refractivity contribution < 1.29 is 19.1 Å². The Morgan fingerprint density at radius 1 is 1.09 bits per heavy atom. The van der Waals surface area contributed by atoms with Crippen LogP contribution in [0.3, 0.4) is 0 Å². The van der Waals surface area contributed by atoms with E-state index < -0.39 is 29.6 Å². The van der Waals surface area contributed by atoms with Gasteiger partial charge in [-0.3, -0.25) is 19.7 Å². The number of nitrogens with one attached hydrogen (secondary N) is 3. The van der Waals surface area contributed by atoms with Crippen molar-refractivity contribution in [3.05, 3.63) is 35.9 Å². The topological polar surface area (TPSA) is 123 Å². The minimum Gasteiger partial charge on any atom is -0.366 e. The summed E-state index contributed by atoms with van der Waals surface area (Å²) < 4.78 is 5.90. The zero-order chi connectivity index (χ0) is 24.7. The van der Waals surface area contributed by atoms with Crippen LogP contribution in [0.2, 0.25) is 0 Å². The molecule has 5 N–H and O–H groups in total. The van der Waals surface area contributed by atoms with E-state index in [0.717, 1.165) is 31.2 Å². The third kappa shape index (κ3) is 7.10. The molecule has 0 radical (unpaired) electrons. The van der Waals surface area contributed by atoms with Crippen LogP contribution in [0, 0.1) is 11.8 Å². The normalized spacial score (nSPS) is 24.8. The fraction of sp³-hybridized carbons (Fsp3) is 0.654. The number of ether oxygens (including phenoxy) is 1. The molecule has 2 fully saturated rings. The highest BCUT2D eigenvalue weighted by Crippen LogP contribution is 2.28. The Balaban J connectivity index is 1.76. The molecule has 188 valence electrons. The van der Waals surface area contributed by atoms with Gasteiger partial charge in [0.05, 0.1) is 30.1 Å². The van der Waals surface area contributed by atoms with Crippen LogP contribution in [-0.2, 0) is 25.7 Å². The van der Waals surface area contributed by atoms with Crippen LogP contribution in [0.4, 0.5) is 0 Å². The molecule has 8 heteroatoms. The monoisotopic (exact) mass is 472 g/mol. The quantitative estimate of drug-likeness (QED) is 0.436. The van der Waals surface area contributed by atoms with Gasteiger partial charge in [-0.15, -0.1) is 0 Å². The number of hydrogen-bond acceptors (Lipinski definition) is 6. The van der Waals surface area contributed by atoms with Gasteiger partial charge in [0.15, 0.2) is 5.78 Å². The summed E-state index contributed by atoms with van der Waals surface area (Å²) in [7, 11) is 0. The lowest BCUT2D eigenvalue weighted by molar-refractivity contribution is -0.145. The maximum atomic E-state index is 13.6. The Hall–Kier alpha value is -2.29. The van der Waals surface area contributed by atoms with Gasteiger partial charge in [-0.05, 0) is 52.1 Å². The van der Waals surface area contributed by atoms with E-state index in [1.165, 1.54) is 6.42 Å². The first-order chi connectivity index (χ1) is 16.2. The SMILES string of the molecule is CC(OCc1ccccc1)C(=O)C1C(NC(=O)C(C)(C)N)NCCC1C(=O)NC1CCCCC1. The van der Waals surface area contributed by atoms with E-state index in [2.05, 4.69) is 16.0 Å². The molecular weight excluding hydrogens is 432 g/mol. The van der Waals surface area contributed by atoms with Gasteiger partial charge in [0, 0.05) is 6.04 Å². The number of carbonyl (C=O) groups is 3. The smallest absolute Gasteiger partial charge is 0.240 e. The molecule has 0 aromatic heterocycles. The minimum absolute atomic E-state index is 0.117. The number of hydrogen-bond donors (Lipinski definition) is 4. The van der Waals surface area contributed by atoms with Crippen LogP contribution in [-0.4, -0.2) is 48.0 Å². The van der Waals surface area contributed by atoms with Crippen LogP contribution < -0.4 is 21.7 Å². The number of ketones is 1. The summed E-state index contributed by atoms with van der Waals surface area (Å²) in [5.74, 6) is -2.01. The predicted molar refractivity (Wildman–Crippen MR) is 131 cm³/mol. The van der Waals surface area contributed by atoms with E-state index in [-0.39, 0.29) is 23.6 Å². The molecule has 1 saturated heterocycles. The van der Waals surface area contributed by atoms with E-state index in [9.17, 15) is 14.4 Å². The maximum absolute atomic E-state index is 13.6. The van der Waals surface area contributed by atoms with Crippen molar-refractivity contribution in [1.29, 1.82) is 0 Å². The first kappa shape index (κ1) is 26.3. The molecule has 4 unspecified atom stereocenters. The van der Waals surface area contributed by atoms with Crippen LogP contribution >= 0.6 is 0 Å². The fourth-order valence-electron chi connectivity index (χ4n) is 4.76. The van der Waals surface area contributed by atoms with E-state index >= 15 is 0 Å². The molecule has 1 aliphatic heterocycles. The van der Waals surface area contributed by atoms with Crippen molar-refractivity contribution in [3.63, 3.8) is 0 Å². The summed E-state index contributed by atoms with van der Waals surface area (Å²) >= 11 is 0. The third-order valence-corrected chi connectivity index (χ3v) is 6.84. The summed E-state index contributed by atoms with van der Waals surface area (Å²) in [4.78, 5) is 39.6. The highest BCUT2D eigenvalue weighted by molar-refractivity contribution is 5.93. The molecule has 0 bridgehead atoms. The molecule has 1 saturated carbocycles. The highest BCUT2D eigenvalue weighted by atomic mass is 16.5. The van der Waals surface area contributed by atoms with Gasteiger partial charge in [0.1, 0.15) is 6.10 Å². The van der Waals surface area contributed by atoms with Crippen molar-refractivity contribution in [1.82, 2.24) is 16.0 Å². The lowest BCUT2D eigenvalue weighted by atomic mass is 9.78. The Kier molecular flexibility index (Phi) is 9.22. The lowest BCUT2D eigenvalue weighted by Crippen LogP contribution is -2.65. The van der Waals surface area contributed by atoms with Crippen molar-refractivity contribution in [2.45, 2.75) is 89.8 Å². The van der Waals surface area contributed by atoms with Crippen molar-refractivity contribution in [3.8, 4) is 0 Å². The number of benzene rings is 1. The van der Waals surface area contributed by atoms with Gasteiger partial charge in [-0.25, -0.2) is 0 Å². The molecule has 4 atom stereocenters. The molecule has 2 aliphatic rings. The zero-order valence-corrected chi connectivity index (χ0v) is 20.6. The number of amides is 2. The van der Waals surface area contributed by atoms with Crippen LogP contribution in [0.25, 0.3) is 0 Å². The number of carbonyl (C=O) groups excluding carboxylic acids is 3. The van der Waals surface area contributed by atoms with E-state index in [4.69, 9.17) is 10.5 Å². The van der Waals surface area contributed by atoms with Crippen molar-refractivity contribution in [2.24, 2.45) is 17.6 Å². The van der Waals surface area contributed by atoms with Crippen molar-refractivity contribution in [2.75, 3.05) is 6.54 Å². The number of nitrogens with two attached hydrogens (primary N) is 1. The molecule has 1 aromatic rings. The Bertz CT molecular complexity index is 833. The van der Waals surface area contributed by atoms with E-state index in [1.807, 2.05) is 30.3 Å². The van der Waals surface area contributed by atoms with Gasteiger partial charge in [-0.1, -0.05) is 49.6 Å². The number of piperidine rings is 1. The maximum Gasteiger partial charge on any atom is 0.240 e. The second-order valence-electron chi connectivity index (χ2n) is 10.2. The summed E-state index contributed by atoms with van der Waals surface area (Å²) in [6.45, 7) is 5.74. The third-order valence-electron chi connectivity index (χ3n) is 6.84. The van der Waals surface area contributed by atoms with Gasteiger partial charge >= 0.3 is 0 Å². The van der Waals surface area contributed by atoms with Crippen LogP contribution in [0.15, 0.2) is 30.3 Å². The number of Topliss-reactive ketones (excluding diaryl/α,β-unsaturated/α-hetero) is 1. The second-order valence-corrected chi connectivity index (χ2v) is 10.2. The van der Waals surface area contributed by atoms with E-state index in [0.29, 0.717) is 19.6 Å². The molecule has 3 rings (SSSR count). The molecule has 34 heavy (non-hydrogen) atoms. The molecule has 1 aliphatic carbocycles. The summed E-state index contributed by atoms with van der Waals surface area (Å²) in [5.41, 5.74) is 5.83. The van der Waals surface area contributed by atoms with Crippen LogP contribution in [0.5, 0.6) is 0 Å². The zero-order valence-electron chi connectivity index (χ0n) is 20.6. The van der Waals surface area contributed by atoms with Gasteiger partial charge in [-0.2, -0.15) is 0 Å². The van der Waals surface area contributed by atoms with Gasteiger partial charge in [0.25, 0.3) is 0 Å². The summed E-state index contributed by atoms with van der Waals surface area (Å²) in [5, 5.41) is 9.28. The Morgan fingerprint density at radius 3 is 2.41 bits per heavy atom. The van der Waals surface area contributed by atoms with E-state index in [1.54, 1.807) is 20.8 Å². The minimum atomic E-state index is -1.11. The summed E-state index contributed by atoms with van der Waals surface area (Å²) in [6, 6.07) is 9.78. The second kappa shape index (κ2) is 11.9. The van der Waals surface area contributed by atoms with Crippen molar-refractivity contribution >= 4 is 17.6 Å². The standard InChI is InChI=1S/C26H40N4O4/c1-17(34-16-18-10-6-4-7-11-18)22(31)21-20(24(32)29-19-12-8-5-9-13-19)14-15-28-23(21)30-25(33)26(2,3)27/h4,6-7,10-11,17,19-21,23,28H,5,8-9,12-16,27H2,1-3H3,(H,29,32)(H,30,33). The average molecular weight is 473 g/mol. The highest BCUT2D eigenvalue weighted by Gasteiger charge is 2.45. The summed E-state index contributed by atoms with van der Waals surface area (Å²) in [6.07, 6.45) is 4.42. The lowest BCUT2D eigenvalue weighted by Gasteiger charge is -2.40. The Labute approximate surface area is 202 Å². The molecule has 1 heterocycles. The first-order valence-corrected chi connectivity index (χ1v) is 12.5. The largest absolute Gasteiger partial charge is 0.366 e.